The van der Waals surface area contributed by atoms with Crippen LogP contribution in [0.1, 0.15) is 21.5 Å². The monoisotopic (exact) mass is 271 g/mol. The smallest absolute Gasteiger partial charge is 0.340 e. The van der Waals surface area contributed by atoms with Crippen LogP contribution in [-0.2, 0) is 4.74 Å². The van der Waals surface area contributed by atoms with Crippen LogP contribution in [0, 0.1) is 13.8 Å². The molecule has 1 aromatic heterocycles. The number of hydrogen-bond acceptors (Lipinski definition) is 5. The highest BCUT2D eigenvalue weighted by atomic mass is 16.5. The quantitative estimate of drug-likeness (QED) is 0.839. The summed E-state index contributed by atoms with van der Waals surface area (Å²) in [5, 5.41) is 3.12. The molecule has 0 atom stereocenters. The number of pyridine rings is 1. The van der Waals surface area contributed by atoms with Crippen molar-refractivity contribution < 1.29 is 9.53 Å². The van der Waals surface area contributed by atoms with E-state index >= 15 is 0 Å². The number of aryl methyl sites for hydroxylation is 2. The first-order valence-corrected chi connectivity index (χ1v) is 6.20. The number of nitrogen functional groups attached to an aromatic ring is 1. The Hall–Kier alpha value is -2.56. The molecule has 1 heterocycles. The summed E-state index contributed by atoms with van der Waals surface area (Å²) in [7, 11) is 1.32. The number of ether oxygens (including phenoxy) is 1. The minimum atomic E-state index is -0.479. The third-order valence-electron chi connectivity index (χ3n) is 3.17. The summed E-state index contributed by atoms with van der Waals surface area (Å²) in [6, 6.07) is 7.49. The van der Waals surface area contributed by atoms with E-state index in [4.69, 9.17) is 5.73 Å². The molecule has 0 bridgehead atoms. The Kier molecular flexibility index (Phi) is 3.89. The van der Waals surface area contributed by atoms with E-state index in [0.717, 1.165) is 11.3 Å². The Bertz CT molecular complexity index is 654. The van der Waals surface area contributed by atoms with Crippen LogP contribution in [-0.4, -0.2) is 18.1 Å². The second-order valence-corrected chi connectivity index (χ2v) is 4.54. The zero-order valence-electron chi connectivity index (χ0n) is 11.7. The molecule has 1 aromatic carbocycles. The highest BCUT2D eigenvalue weighted by molar-refractivity contribution is 5.97. The second kappa shape index (κ2) is 5.61. The fourth-order valence-corrected chi connectivity index (χ4v) is 1.82. The van der Waals surface area contributed by atoms with Gasteiger partial charge < -0.3 is 15.8 Å². The van der Waals surface area contributed by atoms with Crippen LogP contribution in [0.25, 0.3) is 0 Å². The van der Waals surface area contributed by atoms with Gasteiger partial charge in [0.2, 0.25) is 0 Å². The van der Waals surface area contributed by atoms with E-state index in [1.807, 2.05) is 32.0 Å². The number of rotatable bonds is 3. The maximum absolute atomic E-state index is 11.6. The summed E-state index contributed by atoms with van der Waals surface area (Å²) in [6.45, 7) is 4.08. The Balaban J connectivity index is 2.34. The van der Waals surface area contributed by atoms with Gasteiger partial charge in [0.25, 0.3) is 0 Å². The standard InChI is InChI=1S/C15H17N3O2/c1-9-4-5-11(8-10(9)2)18-14-13(16)12(6-7-17-14)15(19)20-3/h4-8H,16H2,1-3H3,(H,17,18). The van der Waals surface area contributed by atoms with Crippen molar-refractivity contribution in [3.05, 3.63) is 47.2 Å². The number of nitrogens with two attached hydrogens (primary N) is 1. The number of carbonyl (C=O) groups is 1. The Morgan fingerprint density at radius 2 is 2.00 bits per heavy atom. The van der Waals surface area contributed by atoms with E-state index in [9.17, 15) is 4.79 Å². The number of methoxy groups -OCH3 is 1. The van der Waals surface area contributed by atoms with Gasteiger partial charge in [-0.25, -0.2) is 9.78 Å². The summed E-state index contributed by atoms with van der Waals surface area (Å²) < 4.78 is 4.68. The molecule has 2 aromatic rings. The lowest BCUT2D eigenvalue weighted by Gasteiger charge is -2.12. The highest BCUT2D eigenvalue weighted by Gasteiger charge is 2.14. The van der Waals surface area contributed by atoms with Crippen LogP contribution in [0.3, 0.4) is 0 Å². The molecular weight excluding hydrogens is 254 g/mol. The zero-order valence-corrected chi connectivity index (χ0v) is 11.7. The Labute approximate surface area is 117 Å². The summed E-state index contributed by atoms with van der Waals surface area (Å²) in [5.41, 5.74) is 9.77. The molecule has 5 nitrogen and oxygen atoms in total. The van der Waals surface area contributed by atoms with E-state index in [-0.39, 0.29) is 5.69 Å². The van der Waals surface area contributed by atoms with Crippen LogP contribution in [0.2, 0.25) is 0 Å². The number of nitrogens with zero attached hydrogens (tertiary/aromatic N) is 1. The topological polar surface area (TPSA) is 77.2 Å². The first-order valence-electron chi connectivity index (χ1n) is 6.20. The molecule has 0 aliphatic rings. The number of carbonyl (C=O) groups excluding carboxylic acids is 1. The molecule has 5 heteroatoms. The Morgan fingerprint density at radius 1 is 1.25 bits per heavy atom. The number of nitrogens with one attached hydrogen (secondary N) is 1. The van der Waals surface area contributed by atoms with Crippen molar-refractivity contribution in [3.8, 4) is 0 Å². The van der Waals surface area contributed by atoms with E-state index < -0.39 is 5.97 Å². The lowest BCUT2D eigenvalue weighted by atomic mass is 10.1. The number of hydrogen-bond donors (Lipinski definition) is 2. The molecule has 2 rings (SSSR count). The Morgan fingerprint density at radius 3 is 2.65 bits per heavy atom. The fraction of sp³-hybridized carbons (Fsp3) is 0.200. The van der Waals surface area contributed by atoms with Crippen LogP contribution in [0.15, 0.2) is 30.5 Å². The molecule has 0 fully saturated rings. The van der Waals surface area contributed by atoms with E-state index in [2.05, 4.69) is 15.0 Å². The van der Waals surface area contributed by atoms with Crippen molar-refractivity contribution in [1.82, 2.24) is 4.98 Å². The normalized spacial score (nSPS) is 10.2. The van der Waals surface area contributed by atoms with E-state index in [0.29, 0.717) is 11.4 Å². The third kappa shape index (κ3) is 2.71. The summed E-state index contributed by atoms with van der Waals surface area (Å²) in [6.07, 6.45) is 1.52. The molecule has 0 radical (unpaired) electrons. The molecular formula is C15H17N3O2. The molecule has 0 aliphatic heterocycles. The minimum Gasteiger partial charge on any atom is -0.465 e. The molecule has 0 spiro atoms. The van der Waals surface area contributed by atoms with Crippen molar-refractivity contribution in [2.24, 2.45) is 0 Å². The van der Waals surface area contributed by atoms with Crippen LogP contribution < -0.4 is 11.1 Å². The van der Waals surface area contributed by atoms with Crippen molar-refractivity contribution in [3.63, 3.8) is 0 Å². The number of aromatic nitrogens is 1. The summed E-state index contributed by atoms with van der Waals surface area (Å²) >= 11 is 0. The highest BCUT2D eigenvalue weighted by Crippen LogP contribution is 2.25. The molecule has 0 saturated carbocycles. The van der Waals surface area contributed by atoms with Gasteiger partial charge >= 0.3 is 5.97 Å². The molecule has 0 unspecified atom stereocenters. The lowest BCUT2D eigenvalue weighted by Crippen LogP contribution is -2.09. The van der Waals surface area contributed by atoms with E-state index in [1.165, 1.54) is 24.9 Å². The second-order valence-electron chi connectivity index (χ2n) is 4.54. The maximum Gasteiger partial charge on any atom is 0.340 e. The van der Waals surface area contributed by atoms with Gasteiger partial charge in [-0.15, -0.1) is 0 Å². The predicted molar refractivity (Wildman–Crippen MR) is 79.2 cm³/mol. The summed E-state index contributed by atoms with van der Waals surface area (Å²) in [4.78, 5) is 15.7. The molecule has 0 amide bonds. The minimum absolute atomic E-state index is 0.276. The van der Waals surface area contributed by atoms with Crippen LogP contribution in [0.5, 0.6) is 0 Å². The van der Waals surface area contributed by atoms with Gasteiger partial charge in [0, 0.05) is 11.9 Å². The molecule has 0 saturated heterocycles. The maximum atomic E-state index is 11.6. The lowest BCUT2D eigenvalue weighted by molar-refractivity contribution is 0.0602. The van der Waals surface area contributed by atoms with Crippen LogP contribution in [0.4, 0.5) is 17.2 Å². The van der Waals surface area contributed by atoms with Gasteiger partial charge in [0.15, 0.2) is 5.82 Å². The average Bonchev–Trinajstić information content (AvgIpc) is 2.44. The van der Waals surface area contributed by atoms with Crippen LogP contribution >= 0.6 is 0 Å². The predicted octanol–water partition coefficient (Wildman–Crippen LogP) is 2.81. The van der Waals surface area contributed by atoms with Gasteiger partial charge in [-0.05, 0) is 43.2 Å². The molecule has 104 valence electrons. The average molecular weight is 271 g/mol. The third-order valence-corrected chi connectivity index (χ3v) is 3.17. The number of anilines is 3. The first kappa shape index (κ1) is 13.9. The fourth-order valence-electron chi connectivity index (χ4n) is 1.82. The van der Waals surface area contributed by atoms with Crippen molar-refractivity contribution in [2.75, 3.05) is 18.2 Å². The van der Waals surface area contributed by atoms with Gasteiger partial charge in [0.1, 0.15) is 0 Å². The van der Waals surface area contributed by atoms with Gasteiger partial charge in [0.05, 0.1) is 18.4 Å². The largest absolute Gasteiger partial charge is 0.465 e. The number of benzene rings is 1. The van der Waals surface area contributed by atoms with Crippen molar-refractivity contribution in [2.45, 2.75) is 13.8 Å². The number of esters is 1. The molecule has 20 heavy (non-hydrogen) atoms. The van der Waals surface area contributed by atoms with Gasteiger partial charge in [-0.1, -0.05) is 6.07 Å². The molecule has 3 N–H and O–H groups in total. The van der Waals surface area contributed by atoms with Gasteiger partial charge in [-0.2, -0.15) is 0 Å². The van der Waals surface area contributed by atoms with Crippen molar-refractivity contribution in [1.29, 1.82) is 0 Å². The first-order chi connectivity index (χ1) is 9.52. The zero-order chi connectivity index (χ0) is 14.7. The SMILES string of the molecule is COC(=O)c1ccnc(Nc2ccc(C)c(C)c2)c1N. The van der Waals surface area contributed by atoms with Gasteiger partial charge in [-0.3, -0.25) is 0 Å². The summed E-state index contributed by atoms with van der Waals surface area (Å²) in [5.74, 6) is -0.0378. The van der Waals surface area contributed by atoms with E-state index in [1.54, 1.807) is 0 Å². The van der Waals surface area contributed by atoms with Crippen molar-refractivity contribution >= 4 is 23.2 Å². The molecule has 0 aliphatic carbocycles.